The van der Waals surface area contributed by atoms with E-state index in [-0.39, 0.29) is 12.5 Å². The van der Waals surface area contributed by atoms with E-state index >= 15 is 0 Å². The molecule has 1 aromatic carbocycles. The molecule has 0 aliphatic heterocycles. The van der Waals surface area contributed by atoms with Gasteiger partial charge in [0.2, 0.25) is 0 Å². The Bertz CT molecular complexity index is 1180. The van der Waals surface area contributed by atoms with Crippen LogP contribution in [0.4, 0.5) is 4.79 Å². The molecule has 1 amide bonds. The smallest absolute Gasteiger partial charge is 0.408 e. The summed E-state index contributed by atoms with van der Waals surface area (Å²) in [4.78, 5) is 39.4. The van der Waals surface area contributed by atoms with Crippen LogP contribution in [0.2, 0.25) is 10.0 Å². The van der Waals surface area contributed by atoms with Crippen LogP contribution in [0.3, 0.4) is 0 Å². The summed E-state index contributed by atoms with van der Waals surface area (Å²) < 4.78 is 18.1. The summed E-state index contributed by atoms with van der Waals surface area (Å²) in [7, 11) is -4.40. The van der Waals surface area contributed by atoms with Crippen molar-refractivity contribution in [1.82, 2.24) is 19.9 Å². The van der Waals surface area contributed by atoms with Gasteiger partial charge in [-0.2, -0.15) is 0 Å². The van der Waals surface area contributed by atoms with Crippen LogP contribution in [0.25, 0.3) is 0 Å². The molecule has 0 atom stereocenters. The predicted octanol–water partition coefficient (Wildman–Crippen LogP) is 5.27. The van der Waals surface area contributed by atoms with Crippen molar-refractivity contribution in [2.24, 2.45) is 0 Å². The van der Waals surface area contributed by atoms with Gasteiger partial charge in [-0.3, -0.25) is 9.55 Å². The first-order chi connectivity index (χ1) is 16.0. The minimum atomic E-state index is -4.40. The molecule has 0 bridgehead atoms. The summed E-state index contributed by atoms with van der Waals surface area (Å²) in [5.74, 6) is 0.528. The second-order valence-corrected chi connectivity index (χ2v) is 11.2. The van der Waals surface area contributed by atoms with Gasteiger partial charge in [-0.15, -0.1) is 0 Å². The fraction of sp³-hybridized carbons (Fsp3) is 0.286. The molecule has 0 spiro atoms. The topological polar surface area (TPSA) is 127 Å². The normalized spacial score (nSPS) is 11.6. The quantitative estimate of drug-likeness (QED) is 0.311. The lowest BCUT2D eigenvalue weighted by molar-refractivity contribution is 0.136. The molecule has 2 heterocycles. The molecule has 0 unspecified atom stereocenters. The van der Waals surface area contributed by atoms with E-state index < -0.39 is 20.0 Å². The molecule has 2 aromatic heterocycles. The van der Waals surface area contributed by atoms with Gasteiger partial charge in [0.1, 0.15) is 17.1 Å². The summed E-state index contributed by atoms with van der Waals surface area (Å²) in [6, 6.07) is 9.00. The van der Waals surface area contributed by atoms with E-state index in [0.717, 1.165) is 21.2 Å². The molecule has 0 aliphatic rings. The zero-order valence-electron chi connectivity index (χ0n) is 18.3. The van der Waals surface area contributed by atoms with Gasteiger partial charge < -0.3 is 24.4 Å². The van der Waals surface area contributed by atoms with Crippen LogP contribution < -0.4 is 5.32 Å². The van der Waals surface area contributed by atoms with Crippen LogP contribution in [-0.2, 0) is 22.5 Å². The first-order valence-electron chi connectivity index (χ1n) is 10.1. The number of nitrogens with one attached hydrogen (secondary N) is 1. The van der Waals surface area contributed by atoms with Crippen LogP contribution in [0.5, 0.6) is 0 Å². The van der Waals surface area contributed by atoms with Gasteiger partial charge in [-0.05, 0) is 41.8 Å². The number of pyridine rings is 1. The Morgan fingerprint density at radius 3 is 2.44 bits per heavy atom. The van der Waals surface area contributed by atoms with Crippen LogP contribution in [0.15, 0.2) is 52.6 Å². The van der Waals surface area contributed by atoms with Crippen molar-refractivity contribution in [1.29, 1.82) is 0 Å². The Balaban J connectivity index is 1.96. The van der Waals surface area contributed by atoms with Crippen LogP contribution >= 0.6 is 42.6 Å². The zero-order chi connectivity index (χ0) is 24.9. The highest BCUT2D eigenvalue weighted by atomic mass is 35.5. The molecule has 3 N–H and O–H groups in total. The van der Waals surface area contributed by atoms with E-state index in [9.17, 15) is 9.36 Å². The summed E-state index contributed by atoms with van der Waals surface area (Å²) in [6.07, 6.45) is 1.60. The van der Waals surface area contributed by atoms with E-state index in [4.69, 9.17) is 42.7 Å². The first-order valence-corrected chi connectivity index (χ1v) is 13.5. The maximum atomic E-state index is 12.0. The molecule has 34 heavy (non-hydrogen) atoms. The number of imidazole rings is 1. The van der Waals surface area contributed by atoms with Gasteiger partial charge in [0, 0.05) is 27.3 Å². The van der Waals surface area contributed by atoms with Crippen molar-refractivity contribution in [3.05, 3.63) is 69.9 Å². The van der Waals surface area contributed by atoms with Crippen LogP contribution in [-0.4, -0.2) is 36.7 Å². The standard InChI is InChI=1S/C21H23Cl2N4O5PS/c1-13(2)19-20(34-17-8-15(22)7-16(23)9-17)27(10-14-3-5-24-6-4-14)18(26-19)11-32-21(28)25-12-33(29,30)31/h3-9,13H,10-12H2,1-2H3,(H,25,28)(H2,29,30,31). The van der Waals surface area contributed by atoms with Crippen molar-refractivity contribution < 1.29 is 23.9 Å². The largest absolute Gasteiger partial charge is 0.441 e. The highest BCUT2D eigenvalue weighted by Crippen LogP contribution is 2.37. The van der Waals surface area contributed by atoms with Gasteiger partial charge in [-0.25, -0.2) is 9.78 Å². The number of alkyl carbamates (subject to hydrolysis) is 1. The number of benzene rings is 1. The number of carbonyl (C=O) groups is 1. The monoisotopic (exact) mass is 544 g/mol. The molecule has 0 aliphatic carbocycles. The molecule has 0 saturated heterocycles. The maximum absolute atomic E-state index is 12.0. The molecule has 0 fully saturated rings. The summed E-state index contributed by atoms with van der Waals surface area (Å²) >= 11 is 13.8. The van der Waals surface area contributed by atoms with E-state index in [0.29, 0.717) is 22.4 Å². The lowest BCUT2D eigenvalue weighted by Crippen LogP contribution is -2.25. The van der Waals surface area contributed by atoms with Gasteiger partial charge in [0.25, 0.3) is 0 Å². The molecule has 3 aromatic rings. The number of nitrogens with zero attached hydrogens (tertiary/aromatic N) is 3. The molecule has 182 valence electrons. The third-order valence-electron chi connectivity index (χ3n) is 4.47. The van der Waals surface area contributed by atoms with E-state index in [1.165, 1.54) is 11.8 Å². The maximum Gasteiger partial charge on any atom is 0.408 e. The van der Waals surface area contributed by atoms with Crippen molar-refractivity contribution in [3.63, 3.8) is 0 Å². The second-order valence-electron chi connectivity index (χ2n) is 7.60. The van der Waals surface area contributed by atoms with Gasteiger partial charge in [0.15, 0.2) is 6.61 Å². The van der Waals surface area contributed by atoms with E-state index in [1.54, 1.807) is 30.6 Å². The number of hydrogen-bond acceptors (Lipinski definition) is 6. The van der Waals surface area contributed by atoms with Crippen LogP contribution in [0, 0.1) is 0 Å². The molecule has 0 radical (unpaired) electrons. The molecular formula is C21H23Cl2N4O5PS. The fourth-order valence-corrected chi connectivity index (χ4v) is 5.23. The molecule has 3 rings (SSSR count). The number of halogens is 2. The molecular weight excluding hydrogens is 522 g/mol. The molecule has 0 saturated carbocycles. The summed E-state index contributed by atoms with van der Waals surface area (Å²) in [6.45, 7) is 4.24. The van der Waals surface area contributed by atoms with Gasteiger partial charge in [-0.1, -0.05) is 48.8 Å². The number of aromatic nitrogens is 3. The summed E-state index contributed by atoms with van der Waals surface area (Å²) in [5.41, 5.74) is 1.75. The average molecular weight is 545 g/mol. The first kappa shape index (κ1) is 26.5. The zero-order valence-corrected chi connectivity index (χ0v) is 21.5. The summed E-state index contributed by atoms with van der Waals surface area (Å²) in [5, 5.41) is 3.90. The Morgan fingerprint density at radius 1 is 1.21 bits per heavy atom. The van der Waals surface area contributed by atoms with Crippen molar-refractivity contribution in [2.45, 2.75) is 42.8 Å². The predicted molar refractivity (Wildman–Crippen MR) is 130 cm³/mol. The van der Waals surface area contributed by atoms with Crippen molar-refractivity contribution in [3.8, 4) is 0 Å². The Hall–Kier alpha value is -2.07. The minimum Gasteiger partial charge on any atom is -0.441 e. The SMILES string of the molecule is CC(C)c1nc(COC(=O)NCP(=O)(O)O)n(Cc2ccncc2)c1Sc1cc(Cl)cc(Cl)c1. The van der Waals surface area contributed by atoms with E-state index in [1.807, 2.05) is 30.5 Å². The van der Waals surface area contributed by atoms with Crippen LogP contribution in [0.1, 0.15) is 36.8 Å². The highest BCUT2D eigenvalue weighted by molar-refractivity contribution is 7.99. The Morgan fingerprint density at radius 2 is 1.85 bits per heavy atom. The second kappa shape index (κ2) is 11.6. The Kier molecular flexibility index (Phi) is 9.03. The van der Waals surface area contributed by atoms with Crippen molar-refractivity contribution >= 4 is 48.7 Å². The number of ether oxygens (including phenoxy) is 1. The molecule has 13 heteroatoms. The highest BCUT2D eigenvalue weighted by Gasteiger charge is 2.23. The van der Waals surface area contributed by atoms with Crippen molar-refractivity contribution in [2.75, 3.05) is 6.29 Å². The van der Waals surface area contributed by atoms with E-state index in [2.05, 4.69) is 10.3 Å². The third-order valence-corrected chi connectivity index (χ3v) is 6.58. The van der Waals surface area contributed by atoms with Gasteiger partial charge in [0.05, 0.1) is 12.2 Å². The fourth-order valence-electron chi connectivity index (χ4n) is 2.98. The number of rotatable bonds is 9. The lowest BCUT2D eigenvalue weighted by Gasteiger charge is -2.14. The minimum absolute atomic E-state index is 0.0538. The lowest BCUT2D eigenvalue weighted by atomic mass is 10.1. The Labute approximate surface area is 211 Å². The number of hydrogen-bond donors (Lipinski definition) is 3. The average Bonchev–Trinajstić information content (AvgIpc) is 3.07. The third kappa shape index (κ3) is 7.73. The molecule has 9 nitrogen and oxygen atoms in total. The number of carbonyl (C=O) groups excluding carboxylic acids is 1. The van der Waals surface area contributed by atoms with Gasteiger partial charge >= 0.3 is 13.7 Å². The number of amides is 1.